The SMILES string of the molecule is CCC(c1ccc(S(C)(=O)=O)cc1[N+](=O)[O-])C(C)NC. The van der Waals surface area contributed by atoms with Crippen LogP contribution in [0.15, 0.2) is 23.1 Å². The zero-order valence-electron chi connectivity index (χ0n) is 12.1. The van der Waals surface area contributed by atoms with Gasteiger partial charge in [0.05, 0.1) is 9.82 Å². The van der Waals surface area contributed by atoms with Gasteiger partial charge in [-0.3, -0.25) is 10.1 Å². The van der Waals surface area contributed by atoms with Gasteiger partial charge in [0.1, 0.15) is 0 Å². The third-order valence-corrected chi connectivity index (χ3v) is 4.64. The molecular formula is C13H20N2O4S. The van der Waals surface area contributed by atoms with Crippen LogP contribution in [0.4, 0.5) is 5.69 Å². The topological polar surface area (TPSA) is 89.3 Å². The Labute approximate surface area is 119 Å². The molecule has 0 fully saturated rings. The Bertz CT molecular complexity index is 598. The molecule has 112 valence electrons. The van der Waals surface area contributed by atoms with Crippen molar-refractivity contribution in [3.8, 4) is 0 Å². The van der Waals surface area contributed by atoms with Gasteiger partial charge in [-0.05, 0) is 26.5 Å². The molecule has 0 radical (unpaired) electrons. The number of nitro benzene ring substituents is 1. The van der Waals surface area contributed by atoms with E-state index in [9.17, 15) is 18.5 Å². The molecular weight excluding hydrogens is 280 g/mol. The van der Waals surface area contributed by atoms with Crippen LogP contribution in [0.3, 0.4) is 0 Å². The van der Waals surface area contributed by atoms with Crippen molar-refractivity contribution in [3.05, 3.63) is 33.9 Å². The van der Waals surface area contributed by atoms with Crippen LogP contribution in [0, 0.1) is 10.1 Å². The molecule has 1 rings (SSSR count). The molecule has 0 bridgehead atoms. The minimum atomic E-state index is -3.45. The van der Waals surface area contributed by atoms with Crippen molar-refractivity contribution in [1.29, 1.82) is 0 Å². The van der Waals surface area contributed by atoms with Crippen LogP contribution >= 0.6 is 0 Å². The number of rotatable bonds is 6. The lowest BCUT2D eigenvalue weighted by molar-refractivity contribution is -0.386. The second-order valence-electron chi connectivity index (χ2n) is 4.84. The number of hydrogen-bond acceptors (Lipinski definition) is 5. The van der Waals surface area contributed by atoms with Crippen molar-refractivity contribution >= 4 is 15.5 Å². The second kappa shape index (κ2) is 6.32. The first-order valence-electron chi connectivity index (χ1n) is 6.38. The van der Waals surface area contributed by atoms with Crippen LogP contribution < -0.4 is 5.32 Å². The molecule has 0 amide bonds. The quantitative estimate of drug-likeness (QED) is 0.642. The molecule has 1 aromatic rings. The van der Waals surface area contributed by atoms with Gasteiger partial charge in [0.25, 0.3) is 5.69 Å². The van der Waals surface area contributed by atoms with Crippen LogP contribution in [0.2, 0.25) is 0 Å². The van der Waals surface area contributed by atoms with Gasteiger partial charge in [-0.25, -0.2) is 8.42 Å². The summed E-state index contributed by atoms with van der Waals surface area (Å²) in [5.41, 5.74) is 0.425. The number of nitrogens with zero attached hydrogens (tertiary/aromatic N) is 1. The molecule has 0 aliphatic rings. The lowest BCUT2D eigenvalue weighted by Crippen LogP contribution is -2.29. The highest BCUT2D eigenvalue weighted by molar-refractivity contribution is 7.90. The van der Waals surface area contributed by atoms with E-state index in [1.165, 1.54) is 6.07 Å². The number of nitrogens with one attached hydrogen (secondary N) is 1. The van der Waals surface area contributed by atoms with Gasteiger partial charge in [-0.1, -0.05) is 13.0 Å². The summed E-state index contributed by atoms with van der Waals surface area (Å²) in [7, 11) is -1.66. The van der Waals surface area contributed by atoms with Gasteiger partial charge in [0.2, 0.25) is 0 Å². The summed E-state index contributed by atoms with van der Waals surface area (Å²) in [6.07, 6.45) is 1.76. The fourth-order valence-corrected chi connectivity index (χ4v) is 2.91. The summed E-state index contributed by atoms with van der Waals surface area (Å²) in [6, 6.07) is 4.19. The van der Waals surface area contributed by atoms with Gasteiger partial charge in [-0.2, -0.15) is 0 Å². The van der Waals surface area contributed by atoms with Gasteiger partial charge < -0.3 is 5.32 Å². The molecule has 0 aliphatic carbocycles. The molecule has 1 aromatic carbocycles. The standard InChI is InChI=1S/C13H20N2O4S/c1-5-11(9(2)14-3)12-7-6-10(20(4,18)19)8-13(12)15(16)17/h6-9,11,14H,5H2,1-4H3. The lowest BCUT2D eigenvalue weighted by Gasteiger charge is -2.22. The Morgan fingerprint density at radius 3 is 2.40 bits per heavy atom. The van der Waals surface area contributed by atoms with Crippen LogP contribution in [0.1, 0.15) is 31.7 Å². The molecule has 7 heteroatoms. The minimum absolute atomic E-state index is 0.0279. The van der Waals surface area contributed by atoms with Crippen molar-refractivity contribution in [2.45, 2.75) is 37.1 Å². The highest BCUT2D eigenvalue weighted by Gasteiger charge is 2.26. The molecule has 0 aromatic heterocycles. The van der Waals surface area contributed by atoms with E-state index < -0.39 is 14.8 Å². The number of nitro groups is 1. The van der Waals surface area contributed by atoms with E-state index in [1.807, 2.05) is 13.8 Å². The van der Waals surface area contributed by atoms with Gasteiger partial charge >= 0.3 is 0 Å². The monoisotopic (exact) mass is 300 g/mol. The number of sulfone groups is 1. The summed E-state index contributed by atoms with van der Waals surface area (Å²) in [5.74, 6) is -0.0472. The summed E-state index contributed by atoms with van der Waals surface area (Å²) in [4.78, 5) is 10.7. The van der Waals surface area contributed by atoms with Crippen LogP contribution in [0.25, 0.3) is 0 Å². The Morgan fingerprint density at radius 2 is 2.00 bits per heavy atom. The average molecular weight is 300 g/mol. The maximum atomic E-state index is 11.5. The van der Waals surface area contributed by atoms with Gasteiger partial charge in [0, 0.05) is 29.8 Å². The molecule has 0 heterocycles. The zero-order chi connectivity index (χ0) is 15.5. The van der Waals surface area contributed by atoms with Crippen molar-refractivity contribution in [2.24, 2.45) is 0 Å². The molecule has 6 nitrogen and oxygen atoms in total. The molecule has 2 atom stereocenters. The zero-order valence-corrected chi connectivity index (χ0v) is 12.9. The van der Waals surface area contributed by atoms with Crippen LogP contribution in [-0.4, -0.2) is 32.7 Å². The van der Waals surface area contributed by atoms with E-state index in [-0.39, 0.29) is 22.5 Å². The first-order chi connectivity index (χ1) is 9.22. The molecule has 2 unspecified atom stereocenters. The van der Waals surface area contributed by atoms with Crippen molar-refractivity contribution in [3.63, 3.8) is 0 Å². The minimum Gasteiger partial charge on any atom is -0.317 e. The average Bonchev–Trinajstić information content (AvgIpc) is 2.38. The van der Waals surface area contributed by atoms with E-state index in [0.717, 1.165) is 18.7 Å². The number of benzene rings is 1. The third-order valence-electron chi connectivity index (χ3n) is 3.52. The fraction of sp³-hybridized carbons (Fsp3) is 0.538. The maximum absolute atomic E-state index is 11.5. The summed E-state index contributed by atoms with van der Waals surface area (Å²) in [6.45, 7) is 3.90. The molecule has 0 aliphatic heterocycles. The predicted molar refractivity (Wildman–Crippen MR) is 77.8 cm³/mol. The summed E-state index contributed by atoms with van der Waals surface area (Å²) in [5, 5.41) is 14.3. The van der Waals surface area contributed by atoms with E-state index in [2.05, 4.69) is 5.32 Å². The first kappa shape index (κ1) is 16.6. The highest BCUT2D eigenvalue weighted by Crippen LogP contribution is 2.33. The largest absolute Gasteiger partial charge is 0.317 e. The molecule has 0 saturated heterocycles. The first-order valence-corrected chi connectivity index (χ1v) is 8.27. The summed E-state index contributed by atoms with van der Waals surface area (Å²) < 4.78 is 23.0. The Kier molecular flexibility index (Phi) is 5.24. The molecule has 0 saturated carbocycles. The fourth-order valence-electron chi connectivity index (χ4n) is 2.27. The number of hydrogen-bond donors (Lipinski definition) is 1. The van der Waals surface area contributed by atoms with Crippen molar-refractivity contribution in [1.82, 2.24) is 5.32 Å². The van der Waals surface area contributed by atoms with E-state index in [0.29, 0.717) is 5.56 Å². The smallest absolute Gasteiger partial charge is 0.274 e. The van der Waals surface area contributed by atoms with Crippen molar-refractivity contribution in [2.75, 3.05) is 13.3 Å². The maximum Gasteiger partial charge on any atom is 0.274 e. The van der Waals surface area contributed by atoms with Crippen LogP contribution in [0.5, 0.6) is 0 Å². The van der Waals surface area contributed by atoms with Gasteiger partial charge in [-0.15, -0.1) is 0 Å². The van der Waals surface area contributed by atoms with E-state index >= 15 is 0 Å². The molecule has 20 heavy (non-hydrogen) atoms. The highest BCUT2D eigenvalue weighted by atomic mass is 32.2. The number of likely N-dealkylation sites (N-methyl/N-ethyl adjacent to an activating group) is 1. The normalized spacial score (nSPS) is 14.8. The van der Waals surface area contributed by atoms with Crippen molar-refractivity contribution < 1.29 is 13.3 Å². The van der Waals surface area contributed by atoms with E-state index in [4.69, 9.17) is 0 Å². The summed E-state index contributed by atoms with van der Waals surface area (Å²) >= 11 is 0. The lowest BCUT2D eigenvalue weighted by atomic mass is 9.89. The Balaban J connectivity index is 3.44. The predicted octanol–water partition coefficient (Wildman–Crippen LogP) is 2.10. The van der Waals surface area contributed by atoms with E-state index in [1.54, 1.807) is 13.1 Å². The molecule has 0 spiro atoms. The Hall–Kier alpha value is -1.47. The van der Waals surface area contributed by atoms with Gasteiger partial charge in [0.15, 0.2) is 9.84 Å². The third kappa shape index (κ3) is 3.55. The second-order valence-corrected chi connectivity index (χ2v) is 6.86. The Morgan fingerprint density at radius 1 is 1.40 bits per heavy atom. The molecule has 1 N–H and O–H groups in total. The van der Waals surface area contributed by atoms with Crippen LogP contribution in [-0.2, 0) is 9.84 Å².